The summed E-state index contributed by atoms with van der Waals surface area (Å²) in [6.07, 6.45) is 0. The molecule has 0 saturated heterocycles. The van der Waals surface area contributed by atoms with E-state index < -0.39 is 10.8 Å². The molecule has 19 aromatic rings. The minimum atomic E-state index is -0.571. The van der Waals surface area contributed by atoms with Crippen LogP contribution in [0.15, 0.2) is 364 Å². The van der Waals surface area contributed by atoms with E-state index in [2.05, 4.69) is 285 Å². The smallest absolute Gasteiger partial charge is 0.164 e. The quantitative estimate of drug-likeness (QED) is 0.151. The van der Waals surface area contributed by atoms with Gasteiger partial charge in [-0.05, 0) is 179 Å². The summed E-state index contributed by atoms with van der Waals surface area (Å²) in [5.41, 5.74) is 29.7. The number of aromatic nitrogens is 6. The van der Waals surface area contributed by atoms with Crippen molar-refractivity contribution < 1.29 is 0 Å². The van der Waals surface area contributed by atoms with Gasteiger partial charge in [-0.3, -0.25) is 0 Å². The predicted molar refractivity (Wildman–Crippen MR) is 439 cm³/mol. The highest BCUT2D eigenvalue weighted by molar-refractivity contribution is 6.14. The molecular weight excluding hydrogens is 1310 g/mol. The first-order chi connectivity index (χ1) is 53.5. The van der Waals surface area contributed by atoms with Gasteiger partial charge in [-0.2, -0.15) is 0 Å². The van der Waals surface area contributed by atoms with Crippen molar-refractivity contribution >= 4 is 43.1 Å². The Bertz CT molecular complexity index is 6900. The zero-order valence-corrected chi connectivity index (χ0v) is 58.3. The second kappa shape index (κ2) is 23.1. The van der Waals surface area contributed by atoms with Crippen LogP contribution in [0.2, 0.25) is 0 Å². The van der Waals surface area contributed by atoms with Gasteiger partial charge in [0.15, 0.2) is 34.9 Å². The molecule has 6 nitrogen and oxygen atoms in total. The highest BCUT2D eigenvalue weighted by Gasteiger charge is 2.54. The van der Waals surface area contributed by atoms with Gasteiger partial charge in [-0.1, -0.05) is 340 Å². The fraction of sp³-hybridized carbons (Fsp3) is 0.0196. The van der Waals surface area contributed by atoms with Gasteiger partial charge in [-0.25, -0.2) is 29.9 Å². The average molecular weight is 1370 g/mol. The van der Waals surface area contributed by atoms with Crippen LogP contribution in [-0.4, -0.2) is 29.9 Å². The van der Waals surface area contributed by atoms with Crippen molar-refractivity contribution in [3.63, 3.8) is 0 Å². The molecule has 0 saturated carbocycles. The van der Waals surface area contributed by atoms with E-state index in [1.165, 1.54) is 127 Å². The Morgan fingerprint density at radius 3 is 0.935 bits per heavy atom. The van der Waals surface area contributed by atoms with Crippen LogP contribution in [-0.2, 0) is 10.8 Å². The molecule has 0 N–H and O–H groups in total. The maximum absolute atomic E-state index is 5.44. The summed E-state index contributed by atoms with van der Waals surface area (Å²) < 4.78 is 0. The molecule has 498 valence electrons. The van der Waals surface area contributed by atoms with E-state index in [0.29, 0.717) is 34.9 Å². The summed E-state index contributed by atoms with van der Waals surface area (Å²) in [5.74, 6) is 3.75. The standard InChI is InChI=1S/C102H60N6/c1-4-22-63(23-5-1)95-103-96(64-24-6-2-7-25-64)105-98(104-95)66-41-39-61(40-42-66)68-44-51-77-71(57-68)45-53-84-92-76-50-43-69(58-70(76)49-56-90(92)102(93(77)84)87-37-18-14-33-81(87)82-34-15-19-38-88(82)102)67-28-20-29-73(59-67)99-106-97(65-26-8-3-9-27-65)107-100(108-99)74-47-52-78-72(60-74)46-54-83-91-75-30-11-10-21-62(75)48-55-89(91)101(94(78)83)85-35-16-12-31-79(85)80-32-13-17-36-86(80)101/h1-60H. The van der Waals surface area contributed by atoms with Gasteiger partial charge in [0.1, 0.15) is 0 Å². The summed E-state index contributed by atoms with van der Waals surface area (Å²) in [4.78, 5) is 31.1. The molecule has 2 heterocycles. The van der Waals surface area contributed by atoms with E-state index in [1.54, 1.807) is 0 Å². The Balaban J connectivity index is 0.626. The lowest BCUT2D eigenvalue weighted by molar-refractivity contribution is 0.802. The first-order valence-electron chi connectivity index (χ1n) is 37.1. The zero-order chi connectivity index (χ0) is 70.8. The van der Waals surface area contributed by atoms with Crippen molar-refractivity contribution in [2.24, 2.45) is 0 Å². The maximum atomic E-state index is 5.44. The van der Waals surface area contributed by atoms with Crippen molar-refractivity contribution in [2.75, 3.05) is 0 Å². The molecule has 4 aliphatic carbocycles. The fourth-order valence-electron chi connectivity index (χ4n) is 19.0. The number of hydrogen-bond donors (Lipinski definition) is 0. The third-order valence-electron chi connectivity index (χ3n) is 23.5. The molecule has 0 bridgehead atoms. The number of fused-ring (bicyclic) bond motifs is 28. The Morgan fingerprint density at radius 1 is 0.157 bits per heavy atom. The van der Waals surface area contributed by atoms with Crippen LogP contribution in [0.25, 0.3) is 178 Å². The summed E-state index contributed by atoms with van der Waals surface area (Å²) in [7, 11) is 0. The normalized spacial score (nSPS) is 13.3. The van der Waals surface area contributed by atoms with Gasteiger partial charge >= 0.3 is 0 Å². The zero-order valence-electron chi connectivity index (χ0n) is 58.3. The van der Waals surface area contributed by atoms with Gasteiger partial charge in [0.25, 0.3) is 0 Å². The molecule has 0 unspecified atom stereocenters. The molecule has 0 fully saturated rings. The van der Waals surface area contributed by atoms with Gasteiger partial charge in [0, 0.05) is 33.4 Å². The highest BCUT2D eigenvalue weighted by Crippen LogP contribution is 2.67. The first kappa shape index (κ1) is 60.2. The molecule has 0 atom stereocenters. The summed E-state index contributed by atoms with van der Waals surface area (Å²) >= 11 is 0. The summed E-state index contributed by atoms with van der Waals surface area (Å²) in [6, 6.07) is 133. The van der Waals surface area contributed by atoms with Gasteiger partial charge in [-0.15, -0.1) is 0 Å². The lowest BCUT2D eigenvalue weighted by Gasteiger charge is -2.31. The molecule has 6 heteroatoms. The van der Waals surface area contributed by atoms with Crippen molar-refractivity contribution in [3.8, 4) is 135 Å². The Morgan fingerprint density at radius 2 is 0.454 bits per heavy atom. The molecule has 0 amide bonds. The molecule has 17 aromatic carbocycles. The first-order valence-corrected chi connectivity index (χ1v) is 37.1. The minimum absolute atomic E-state index is 0.522. The molecule has 108 heavy (non-hydrogen) atoms. The number of rotatable bonds is 8. The Labute approximate surface area is 623 Å². The van der Waals surface area contributed by atoms with Crippen molar-refractivity contribution in [1.82, 2.24) is 29.9 Å². The van der Waals surface area contributed by atoms with E-state index in [9.17, 15) is 0 Å². The van der Waals surface area contributed by atoms with Gasteiger partial charge in [0.2, 0.25) is 0 Å². The Kier molecular flexibility index (Phi) is 12.9. The molecule has 2 spiro atoms. The predicted octanol–water partition coefficient (Wildman–Crippen LogP) is 24.7. The molecule has 2 aromatic heterocycles. The van der Waals surface area contributed by atoms with E-state index >= 15 is 0 Å². The molecule has 4 aliphatic rings. The number of nitrogens with zero attached hydrogens (tertiary/aromatic N) is 6. The van der Waals surface area contributed by atoms with E-state index in [1.807, 2.05) is 78.9 Å². The van der Waals surface area contributed by atoms with Crippen molar-refractivity contribution in [1.29, 1.82) is 0 Å². The average Bonchev–Trinajstić information content (AvgIpc) is 1.50. The third kappa shape index (κ3) is 8.65. The SMILES string of the molecule is c1ccc(-c2nc(-c3ccccc3)nc(-c3ccc(-c4ccc5c6c(ccc5c4)-c4c(ccc5cc(-c7cccc(-c8nc(-c9ccccc9)nc(-c9ccc%10c%11c(ccc%10c9)-c9c(ccc%10ccccc9%10)C%119c%10ccccc%10-c%10ccccc%109)n8)c7)ccc45)C64c5ccccc5-c5ccccc54)cc3)n2)cc1. The lowest BCUT2D eigenvalue weighted by Crippen LogP contribution is -2.26. The molecule has 0 radical (unpaired) electrons. The monoisotopic (exact) mass is 1370 g/mol. The fourth-order valence-corrected chi connectivity index (χ4v) is 19.0. The second-order valence-electron chi connectivity index (χ2n) is 29.0. The Hall–Kier alpha value is -14.2. The molecular formula is C102H60N6. The van der Waals surface area contributed by atoms with Crippen molar-refractivity contribution in [3.05, 3.63) is 408 Å². The van der Waals surface area contributed by atoms with Crippen LogP contribution < -0.4 is 0 Å². The maximum Gasteiger partial charge on any atom is 0.164 e. The van der Waals surface area contributed by atoms with Gasteiger partial charge < -0.3 is 0 Å². The molecule has 23 rings (SSSR count). The van der Waals surface area contributed by atoms with Gasteiger partial charge in [0.05, 0.1) is 10.8 Å². The number of benzene rings is 17. The lowest BCUT2D eigenvalue weighted by atomic mass is 9.69. The van der Waals surface area contributed by atoms with Crippen LogP contribution in [0.1, 0.15) is 44.5 Å². The number of hydrogen-bond acceptors (Lipinski definition) is 6. The van der Waals surface area contributed by atoms with E-state index in [4.69, 9.17) is 29.9 Å². The largest absolute Gasteiger partial charge is 0.208 e. The molecule has 0 aliphatic heterocycles. The van der Waals surface area contributed by atoms with Crippen LogP contribution in [0.3, 0.4) is 0 Å². The minimum Gasteiger partial charge on any atom is -0.208 e. The topological polar surface area (TPSA) is 77.3 Å². The van der Waals surface area contributed by atoms with E-state index in [-0.39, 0.29) is 0 Å². The van der Waals surface area contributed by atoms with Crippen LogP contribution in [0, 0.1) is 0 Å². The highest BCUT2D eigenvalue weighted by atomic mass is 15.0. The third-order valence-corrected chi connectivity index (χ3v) is 23.5. The van der Waals surface area contributed by atoms with Crippen LogP contribution >= 0.6 is 0 Å². The van der Waals surface area contributed by atoms with Crippen molar-refractivity contribution in [2.45, 2.75) is 10.8 Å². The van der Waals surface area contributed by atoms with Crippen LogP contribution in [0.4, 0.5) is 0 Å². The van der Waals surface area contributed by atoms with Crippen LogP contribution in [0.5, 0.6) is 0 Å². The second-order valence-corrected chi connectivity index (χ2v) is 29.0. The van der Waals surface area contributed by atoms with E-state index in [0.717, 1.165) is 61.0 Å². The summed E-state index contributed by atoms with van der Waals surface area (Å²) in [5, 5.41) is 9.66. The summed E-state index contributed by atoms with van der Waals surface area (Å²) in [6.45, 7) is 0.